The minimum absolute atomic E-state index is 0.211. The van der Waals surface area contributed by atoms with Gasteiger partial charge in [-0.2, -0.15) is 5.10 Å². The largest absolute Gasteiger partial charge is 0.467 e. The third kappa shape index (κ3) is 4.36. The molecular formula is C29H18BrCl2N3O3. The van der Waals surface area contributed by atoms with Crippen molar-refractivity contribution in [2.24, 2.45) is 5.10 Å². The molecule has 9 heteroatoms. The van der Waals surface area contributed by atoms with E-state index in [1.54, 1.807) is 30.5 Å². The van der Waals surface area contributed by atoms with Crippen LogP contribution in [0.3, 0.4) is 0 Å². The zero-order valence-corrected chi connectivity index (χ0v) is 22.7. The van der Waals surface area contributed by atoms with E-state index in [-0.39, 0.29) is 22.6 Å². The highest BCUT2D eigenvalue weighted by Crippen LogP contribution is 2.38. The van der Waals surface area contributed by atoms with Gasteiger partial charge in [-0.25, -0.2) is 5.01 Å². The summed E-state index contributed by atoms with van der Waals surface area (Å²) in [5.41, 5.74) is 3.11. The third-order valence-electron chi connectivity index (χ3n) is 6.48. The minimum Gasteiger partial charge on any atom is -0.467 e. The molecule has 5 aromatic rings. The molecule has 188 valence electrons. The van der Waals surface area contributed by atoms with Crippen LogP contribution in [0.1, 0.15) is 34.1 Å². The van der Waals surface area contributed by atoms with Crippen molar-refractivity contribution in [3.8, 4) is 11.1 Å². The van der Waals surface area contributed by atoms with E-state index in [1.165, 1.54) is 11.1 Å². The number of furan rings is 1. The first kappa shape index (κ1) is 24.7. The van der Waals surface area contributed by atoms with Gasteiger partial charge in [0, 0.05) is 32.4 Å². The molecule has 0 bridgehead atoms. The fraction of sp³-hybridized carbons (Fsp3) is 0.0690. The molecule has 0 aliphatic carbocycles. The first-order valence-corrected chi connectivity index (χ1v) is 13.3. The van der Waals surface area contributed by atoms with Gasteiger partial charge in [0.1, 0.15) is 11.8 Å². The van der Waals surface area contributed by atoms with Gasteiger partial charge in [-0.05, 0) is 54.1 Å². The van der Waals surface area contributed by atoms with Crippen molar-refractivity contribution in [1.29, 1.82) is 0 Å². The van der Waals surface area contributed by atoms with Crippen LogP contribution in [0.25, 0.3) is 22.0 Å². The molecule has 1 atom stereocenters. The molecule has 1 amide bonds. The first-order valence-electron chi connectivity index (χ1n) is 11.7. The summed E-state index contributed by atoms with van der Waals surface area (Å²) in [6, 6.07) is 23.0. The number of rotatable bonds is 4. The predicted octanol–water partition coefficient (Wildman–Crippen LogP) is 7.85. The van der Waals surface area contributed by atoms with E-state index in [2.05, 4.69) is 20.9 Å². The average Bonchev–Trinajstić information content (AvgIpc) is 3.59. The molecule has 38 heavy (non-hydrogen) atoms. The van der Waals surface area contributed by atoms with Gasteiger partial charge in [-0.15, -0.1) is 0 Å². The van der Waals surface area contributed by atoms with Crippen LogP contribution in [0.15, 0.2) is 104 Å². The lowest BCUT2D eigenvalue weighted by molar-refractivity contribution is 0.0693. The number of carbonyl (C=O) groups excluding carboxylic acids is 1. The number of nitrogens with zero attached hydrogens (tertiary/aromatic N) is 2. The van der Waals surface area contributed by atoms with Crippen LogP contribution >= 0.6 is 39.1 Å². The molecule has 6 nitrogen and oxygen atoms in total. The maximum Gasteiger partial charge on any atom is 0.276 e. The molecule has 0 saturated carbocycles. The lowest BCUT2D eigenvalue weighted by Gasteiger charge is -2.20. The van der Waals surface area contributed by atoms with Gasteiger partial charge in [0.2, 0.25) is 0 Å². The van der Waals surface area contributed by atoms with Gasteiger partial charge in [-0.3, -0.25) is 9.59 Å². The molecule has 1 N–H and O–H groups in total. The number of hydrogen-bond donors (Lipinski definition) is 1. The topological polar surface area (TPSA) is 78.7 Å². The normalized spacial score (nSPS) is 15.2. The van der Waals surface area contributed by atoms with E-state index in [9.17, 15) is 9.59 Å². The molecule has 0 radical (unpaired) electrons. The van der Waals surface area contributed by atoms with Gasteiger partial charge < -0.3 is 9.40 Å². The summed E-state index contributed by atoms with van der Waals surface area (Å²) in [7, 11) is 0. The Balaban J connectivity index is 1.57. The Kier molecular flexibility index (Phi) is 6.43. The van der Waals surface area contributed by atoms with E-state index in [0.29, 0.717) is 27.6 Å². The Morgan fingerprint density at radius 2 is 1.82 bits per heavy atom. The fourth-order valence-electron chi connectivity index (χ4n) is 4.78. The number of fused-ring (bicyclic) bond motifs is 1. The summed E-state index contributed by atoms with van der Waals surface area (Å²) < 4.78 is 6.56. The van der Waals surface area contributed by atoms with Crippen LogP contribution < -0.4 is 5.56 Å². The highest BCUT2D eigenvalue weighted by Gasteiger charge is 2.38. The number of carbonyl (C=O) groups is 1. The van der Waals surface area contributed by atoms with Gasteiger partial charge >= 0.3 is 0 Å². The second kappa shape index (κ2) is 9.91. The number of aromatic nitrogens is 1. The summed E-state index contributed by atoms with van der Waals surface area (Å²) in [6.07, 6.45) is 1.81. The molecule has 3 heterocycles. The van der Waals surface area contributed by atoms with Gasteiger partial charge in [-0.1, -0.05) is 69.5 Å². The van der Waals surface area contributed by atoms with E-state index in [0.717, 1.165) is 21.0 Å². The standard InChI is InChI=1S/C29H18BrCl2N3O3/c30-17-8-11-22-20(13-17)26(16-5-2-1-3-6-16)27(28(36)33-22)23-15-24(25-7-4-12-38-25)35(34-23)29(37)19-10-9-18(31)14-21(19)32/h1-14,24H,15H2,(H,33,36)/t24-/m0/s1. The van der Waals surface area contributed by atoms with E-state index >= 15 is 0 Å². The van der Waals surface area contributed by atoms with Crippen LogP contribution in [0.2, 0.25) is 10.0 Å². The smallest absolute Gasteiger partial charge is 0.276 e. The van der Waals surface area contributed by atoms with E-state index in [1.807, 2.05) is 48.5 Å². The molecule has 0 fully saturated rings. The maximum atomic E-state index is 13.7. The van der Waals surface area contributed by atoms with E-state index in [4.69, 9.17) is 32.7 Å². The van der Waals surface area contributed by atoms with Crippen molar-refractivity contribution in [2.45, 2.75) is 12.5 Å². The summed E-state index contributed by atoms with van der Waals surface area (Å²) in [5, 5.41) is 7.54. The van der Waals surface area contributed by atoms with Crippen LogP contribution in [0.5, 0.6) is 0 Å². The highest BCUT2D eigenvalue weighted by molar-refractivity contribution is 9.10. The van der Waals surface area contributed by atoms with Crippen molar-refractivity contribution in [2.75, 3.05) is 0 Å². The van der Waals surface area contributed by atoms with Crippen molar-refractivity contribution in [3.05, 3.63) is 127 Å². The molecule has 1 aliphatic heterocycles. The molecule has 1 aliphatic rings. The fourth-order valence-corrected chi connectivity index (χ4v) is 5.63. The number of H-pyrrole nitrogens is 1. The predicted molar refractivity (Wildman–Crippen MR) is 153 cm³/mol. The van der Waals surface area contributed by atoms with Crippen LogP contribution in [-0.2, 0) is 0 Å². The van der Waals surface area contributed by atoms with E-state index < -0.39 is 11.9 Å². The summed E-state index contributed by atoms with van der Waals surface area (Å²) >= 11 is 16.0. The zero-order chi connectivity index (χ0) is 26.4. The van der Waals surface area contributed by atoms with Gasteiger partial charge in [0.15, 0.2) is 0 Å². The quantitative estimate of drug-likeness (QED) is 0.226. The summed E-state index contributed by atoms with van der Waals surface area (Å²) in [5.74, 6) is 0.118. The number of amides is 1. The Hall–Kier alpha value is -3.65. The van der Waals surface area contributed by atoms with Crippen LogP contribution in [0.4, 0.5) is 0 Å². The maximum absolute atomic E-state index is 13.7. The Morgan fingerprint density at radius 3 is 2.55 bits per heavy atom. The zero-order valence-electron chi connectivity index (χ0n) is 19.6. The number of benzene rings is 3. The van der Waals surface area contributed by atoms with Crippen LogP contribution in [0, 0.1) is 0 Å². The number of pyridine rings is 1. The molecule has 2 aromatic heterocycles. The number of aromatic amines is 1. The number of nitrogens with one attached hydrogen (secondary N) is 1. The summed E-state index contributed by atoms with van der Waals surface area (Å²) in [6.45, 7) is 0. The van der Waals surface area contributed by atoms with Crippen LogP contribution in [-0.4, -0.2) is 21.6 Å². The molecule has 0 spiro atoms. The van der Waals surface area contributed by atoms with Gasteiger partial charge in [0.25, 0.3) is 11.5 Å². The minimum atomic E-state index is -0.569. The SMILES string of the molecule is O=C(c1ccc(Cl)cc1Cl)N1N=C(c2c(-c3ccccc3)c3cc(Br)ccc3[nH]c2=O)C[C@H]1c1ccco1. The number of halogens is 3. The van der Waals surface area contributed by atoms with Crippen molar-refractivity contribution in [1.82, 2.24) is 9.99 Å². The average molecular weight is 607 g/mol. The summed E-state index contributed by atoms with van der Waals surface area (Å²) in [4.78, 5) is 30.3. The molecule has 0 saturated heterocycles. The molecule has 3 aromatic carbocycles. The highest BCUT2D eigenvalue weighted by atomic mass is 79.9. The van der Waals surface area contributed by atoms with Crippen molar-refractivity contribution >= 4 is 61.7 Å². The second-order valence-corrected chi connectivity index (χ2v) is 10.6. The third-order valence-corrected chi connectivity index (χ3v) is 7.52. The molecular weight excluding hydrogens is 589 g/mol. The van der Waals surface area contributed by atoms with Gasteiger partial charge in [0.05, 0.1) is 28.1 Å². The van der Waals surface area contributed by atoms with Crippen molar-refractivity contribution in [3.63, 3.8) is 0 Å². The Bertz CT molecular complexity index is 1780. The number of hydrogen-bond acceptors (Lipinski definition) is 4. The second-order valence-electron chi connectivity index (χ2n) is 8.82. The Labute approximate surface area is 235 Å². The lowest BCUT2D eigenvalue weighted by atomic mass is 9.92. The first-order chi connectivity index (χ1) is 18.4. The molecule has 0 unspecified atom stereocenters. The Morgan fingerprint density at radius 1 is 1.00 bits per heavy atom. The number of hydrazone groups is 1. The van der Waals surface area contributed by atoms with Crippen molar-refractivity contribution < 1.29 is 9.21 Å². The molecule has 6 rings (SSSR count). The monoisotopic (exact) mass is 605 g/mol. The lowest BCUT2D eigenvalue weighted by Crippen LogP contribution is -2.27.